The zero-order chi connectivity index (χ0) is 5.28. The molecule has 0 saturated heterocycles. The second kappa shape index (κ2) is 1.26. The van der Waals surface area contributed by atoms with Gasteiger partial charge in [-0.1, -0.05) is 0 Å². The van der Waals surface area contributed by atoms with Gasteiger partial charge in [-0.3, -0.25) is 0 Å². The molecule has 1 rings (SSSR count). The van der Waals surface area contributed by atoms with E-state index in [4.69, 9.17) is 5.11 Å². The summed E-state index contributed by atoms with van der Waals surface area (Å²) in [6.45, 7) is 1.75. The van der Waals surface area contributed by atoms with Gasteiger partial charge >= 0.3 is 0 Å². The van der Waals surface area contributed by atoms with Gasteiger partial charge in [0.15, 0.2) is 0 Å². The van der Waals surface area contributed by atoms with Crippen LogP contribution in [0.5, 0.6) is 5.88 Å². The van der Waals surface area contributed by atoms with Crippen LogP contribution in [0, 0.1) is 6.92 Å². The highest BCUT2D eigenvalue weighted by molar-refractivity contribution is 5.12. The van der Waals surface area contributed by atoms with E-state index < -0.39 is 0 Å². The average Bonchev–Trinajstić information content (AvgIpc) is 1.91. The first kappa shape index (κ1) is 4.18. The Morgan fingerprint density at radius 2 is 2.57 bits per heavy atom. The molecule has 0 atom stereocenters. The Kier molecular flexibility index (Phi) is 0.749. The van der Waals surface area contributed by atoms with E-state index in [9.17, 15) is 0 Å². The van der Waals surface area contributed by atoms with Crippen LogP contribution in [0.3, 0.4) is 0 Å². The summed E-state index contributed by atoms with van der Waals surface area (Å²) in [7, 11) is 0. The van der Waals surface area contributed by atoms with E-state index in [0.717, 1.165) is 0 Å². The van der Waals surface area contributed by atoms with Gasteiger partial charge in [-0.25, -0.2) is 4.98 Å². The molecule has 3 heteroatoms. The number of aryl methyl sites for hydroxylation is 1. The lowest BCUT2D eigenvalue weighted by Crippen LogP contribution is -1.65. The van der Waals surface area contributed by atoms with Crippen molar-refractivity contribution in [2.75, 3.05) is 0 Å². The molecule has 0 radical (unpaired) electrons. The van der Waals surface area contributed by atoms with E-state index in [1.807, 2.05) is 0 Å². The van der Waals surface area contributed by atoms with E-state index in [1.165, 1.54) is 6.33 Å². The molecular weight excluding hydrogens is 92.1 g/mol. The normalized spacial score (nSPS) is 9.29. The van der Waals surface area contributed by atoms with Crippen LogP contribution in [0.4, 0.5) is 0 Å². The number of nitrogens with zero attached hydrogens (tertiary/aromatic N) is 1. The summed E-state index contributed by atoms with van der Waals surface area (Å²) >= 11 is 0. The number of rotatable bonds is 0. The van der Waals surface area contributed by atoms with E-state index in [-0.39, 0.29) is 5.88 Å². The van der Waals surface area contributed by atoms with Gasteiger partial charge in [0.1, 0.15) is 0 Å². The lowest BCUT2D eigenvalue weighted by molar-refractivity contribution is 0.452. The number of aromatic amines is 1. The maximum atomic E-state index is 8.62. The second-order valence-electron chi connectivity index (χ2n) is 1.35. The molecule has 0 fully saturated rings. The van der Waals surface area contributed by atoms with Crippen LogP contribution in [0.15, 0.2) is 6.33 Å². The topological polar surface area (TPSA) is 48.9 Å². The molecule has 1 heterocycles. The fourth-order valence-electron chi connectivity index (χ4n) is 0.352. The molecule has 0 aromatic carbocycles. The van der Waals surface area contributed by atoms with Gasteiger partial charge in [0.2, 0.25) is 5.88 Å². The summed E-state index contributed by atoms with van der Waals surface area (Å²) in [6, 6.07) is 0. The molecule has 0 spiro atoms. The maximum absolute atomic E-state index is 8.62. The van der Waals surface area contributed by atoms with Crippen molar-refractivity contribution < 1.29 is 5.11 Å². The first-order valence-electron chi connectivity index (χ1n) is 1.99. The number of hydrogen-bond donors (Lipinski definition) is 2. The second-order valence-corrected chi connectivity index (χ2v) is 1.35. The van der Waals surface area contributed by atoms with Crippen LogP contribution in [0.1, 0.15) is 5.69 Å². The van der Waals surface area contributed by atoms with Crippen molar-refractivity contribution in [1.29, 1.82) is 0 Å². The van der Waals surface area contributed by atoms with Crippen molar-refractivity contribution in [1.82, 2.24) is 9.97 Å². The van der Waals surface area contributed by atoms with Crippen LogP contribution in [-0.2, 0) is 0 Å². The Bertz CT molecular complexity index is 142. The number of aromatic nitrogens is 2. The standard InChI is InChI=1S/C4H6N2O/c1-3-4(7)6-2-5-3/h2,7H,1H3,(H,5,6). The first-order chi connectivity index (χ1) is 3.30. The molecule has 38 valence electrons. The zero-order valence-electron chi connectivity index (χ0n) is 3.97. The fourth-order valence-corrected chi connectivity index (χ4v) is 0.352. The van der Waals surface area contributed by atoms with E-state index in [0.29, 0.717) is 5.69 Å². The third-order valence-corrected chi connectivity index (χ3v) is 0.803. The lowest BCUT2D eigenvalue weighted by atomic mass is 10.5. The minimum absolute atomic E-state index is 0.0833. The van der Waals surface area contributed by atoms with E-state index >= 15 is 0 Å². The molecule has 0 saturated carbocycles. The number of hydrogen-bond acceptors (Lipinski definition) is 2. The van der Waals surface area contributed by atoms with Crippen molar-refractivity contribution in [3.05, 3.63) is 12.0 Å². The predicted molar refractivity (Wildman–Crippen MR) is 25.0 cm³/mol. The highest BCUT2D eigenvalue weighted by Crippen LogP contribution is 2.05. The fraction of sp³-hybridized carbons (Fsp3) is 0.250. The third-order valence-electron chi connectivity index (χ3n) is 0.803. The number of H-pyrrole nitrogens is 1. The first-order valence-corrected chi connectivity index (χ1v) is 1.99. The van der Waals surface area contributed by atoms with Crippen molar-refractivity contribution in [3.8, 4) is 5.88 Å². The lowest BCUT2D eigenvalue weighted by Gasteiger charge is -1.78. The zero-order valence-corrected chi connectivity index (χ0v) is 3.97. The van der Waals surface area contributed by atoms with Crippen LogP contribution >= 0.6 is 0 Å². The molecule has 0 aliphatic heterocycles. The number of nitrogens with one attached hydrogen (secondary N) is 1. The van der Waals surface area contributed by atoms with Gasteiger partial charge < -0.3 is 10.1 Å². The molecule has 0 amide bonds. The number of imidazole rings is 1. The quantitative estimate of drug-likeness (QED) is 0.494. The molecule has 0 bridgehead atoms. The Morgan fingerprint density at radius 1 is 1.86 bits per heavy atom. The van der Waals surface area contributed by atoms with Crippen molar-refractivity contribution in [2.45, 2.75) is 6.92 Å². The molecule has 0 aliphatic carbocycles. The smallest absolute Gasteiger partial charge is 0.231 e. The van der Waals surface area contributed by atoms with Crippen LogP contribution < -0.4 is 0 Å². The Labute approximate surface area is 41.0 Å². The summed E-state index contributed by atoms with van der Waals surface area (Å²) in [4.78, 5) is 6.22. The van der Waals surface area contributed by atoms with Crippen molar-refractivity contribution >= 4 is 0 Å². The van der Waals surface area contributed by atoms with Gasteiger partial charge in [0.05, 0.1) is 12.0 Å². The predicted octanol–water partition coefficient (Wildman–Crippen LogP) is 0.424. The van der Waals surface area contributed by atoms with E-state index in [2.05, 4.69) is 9.97 Å². The molecule has 0 aliphatic rings. The number of aromatic hydroxyl groups is 1. The Morgan fingerprint density at radius 3 is 2.71 bits per heavy atom. The van der Waals surface area contributed by atoms with Gasteiger partial charge in [0.25, 0.3) is 0 Å². The highest BCUT2D eigenvalue weighted by Gasteiger charge is 1.91. The molecule has 2 N–H and O–H groups in total. The monoisotopic (exact) mass is 98.0 g/mol. The summed E-state index contributed by atoms with van der Waals surface area (Å²) in [5, 5.41) is 8.62. The van der Waals surface area contributed by atoms with Crippen molar-refractivity contribution in [2.24, 2.45) is 0 Å². The maximum Gasteiger partial charge on any atom is 0.231 e. The van der Waals surface area contributed by atoms with Gasteiger partial charge in [-0.15, -0.1) is 0 Å². The molecule has 1 aromatic heterocycles. The van der Waals surface area contributed by atoms with Crippen LogP contribution in [0.25, 0.3) is 0 Å². The minimum Gasteiger partial charge on any atom is -0.492 e. The minimum atomic E-state index is 0.0833. The molecule has 1 aromatic rings. The third kappa shape index (κ3) is 0.559. The molecule has 3 nitrogen and oxygen atoms in total. The van der Waals surface area contributed by atoms with Crippen molar-refractivity contribution in [3.63, 3.8) is 0 Å². The van der Waals surface area contributed by atoms with Gasteiger partial charge in [0, 0.05) is 0 Å². The Hall–Kier alpha value is -0.990. The molecular formula is C4H6N2O. The molecule has 7 heavy (non-hydrogen) atoms. The van der Waals surface area contributed by atoms with E-state index in [1.54, 1.807) is 6.92 Å². The SMILES string of the molecule is Cc1[nH]cnc1O. The van der Waals surface area contributed by atoms with Gasteiger partial charge in [-0.2, -0.15) is 0 Å². The summed E-state index contributed by atoms with van der Waals surface area (Å²) in [5.74, 6) is 0.0833. The Balaban J connectivity index is 3.12. The average molecular weight is 98.1 g/mol. The highest BCUT2D eigenvalue weighted by atomic mass is 16.3. The largest absolute Gasteiger partial charge is 0.492 e. The summed E-state index contributed by atoms with van der Waals surface area (Å²) < 4.78 is 0. The molecule has 0 unspecified atom stereocenters. The summed E-state index contributed by atoms with van der Waals surface area (Å²) in [6.07, 6.45) is 1.45. The van der Waals surface area contributed by atoms with Crippen LogP contribution in [0.2, 0.25) is 0 Å². The summed E-state index contributed by atoms with van der Waals surface area (Å²) in [5.41, 5.74) is 0.708. The van der Waals surface area contributed by atoms with Crippen LogP contribution in [-0.4, -0.2) is 15.1 Å². The van der Waals surface area contributed by atoms with Gasteiger partial charge in [-0.05, 0) is 6.92 Å².